The summed E-state index contributed by atoms with van der Waals surface area (Å²) in [6.07, 6.45) is 4.73. The maximum atomic E-state index is 11.8. The maximum Gasteiger partial charge on any atom is 0.352 e. The van der Waals surface area contributed by atoms with Crippen molar-refractivity contribution in [3.63, 3.8) is 0 Å². The van der Waals surface area contributed by atoms with Crippen LogP contribution in [0.15, 0.2) is 17.2 Å². The first-order valence-corrected chi connectivity index (χ1v) is 7.06. The van der Waals surface area contributed by atoms with Gasteiger partial charge in [0.15, 0.2) is 0 Å². The smallest absolute Gasteiger partial charge is 0.352 e. The molecule has 0 aromatic carbocycles. The summed E-state index contributed by atoms with van der Waals surface area (Å²) in [6.45, 7) is 0. The number of carbonyl (C=O) groups is 1. The van der Waals surface area contributed by atoms with Gasteiger partial charge in [-0.25, -0.2) is 13.2 Å². The van der Waals surface area contributed by atoms with Crippen LogP contribution in [-0.4, -0.2) is 30.6 Å². The van der Waals surface area contributed by atoms with Crippen molar-refractivity contribution >= 4 is 16.0 Å². The van der Waals surface area contributed by atoms with Crippen molar-refractivity contribution in [2.45, 2.75) is 36.7 Å². The Bertz CT molecular complexity index is 530. The molecule has 0 saturated heterocycles. The second kappa shape index (κ2) is 5.09. The van der Waals surface area contributed by atoms with E-state index in [-0.39, 0.29) is 16.7 Å². The third-order valence-electron chi connectivity index (χ3n) is 2.82. The molecule has 2 rings (SSSR count). The highest BCUT2D eigenvalue weighted by Crippen LogP contribution is 2.20. The van der Waals surface area contributed by atoms with E-state index in [1.165, 1.54) is 0 Å². The van der Waals surface area contributed by atoms with Gasteiger partial charge in [-0.1, -0.05) is 17.7 Å². The number of nitrogens with one attached hydrogen (secondary N) is 2. The normalized spacial score (nSPS) is 17.1. The highest BCUT2D eigenvalue weighted by atomic mass is 32.2. The molecule has 0 radical (unpaired) electrons. The van der Waals surface area contributed by atoms with E-state index in [1.54, 1.807) is 0 Å². The first-order chi connectivity index (χ1) is 8.49. The van der Waals surface area contributed by atoms with Gasteiger partial charge in [-0.3, -0.25) is 4.84 Å². The number of H-pyrrole nitrogens is 1. The van der Waals surface area contributed by atoms with Crippen LogP contribution in [0.5, 0.6) is 0 Å². The minimum atomic E-state index is -3.83. The summed E-state index contributed by atoms with van der Waals surface area (Å²) in [4.78, 5) is 20.0. The van der Waals surface area contributed by atoms with Crippen molar-refractivity contribution in [2.75, 3.05) is 0 Å². The van der Waals surface area contributed by atoms with Crippen LogP contribution in [-0.2, 0) is 14.9 Å². The number of hydrogen-bond acceptors (Lipinski definition) is 4. The number of aromatic amines is 1. The van der Waals surface area contributed by atoms with Crippen molar-refractivity contribution in [3.8, 4) is 0 Å². The van der Waals surface area contributed by atoms with E-state index in [0.717, 1.165) is 37.9 Å². The monoisotopic (exact) mass is 274 g/mol. The fourth-order valence-electron chi connectivity index (χ4n) is 1.84. The molecule has 1 saturated carbocycles. The topological polar surface area (TPSA) is 108 Å². The number of rotatable bonds is 5. The number of hydrogen-bond donors (Lipinski definition) is 3. The van der Waals surface area contributed by atoms with Gasteiger partial charge in [-0.15, -0.1) is 0 Å². The van der Waals surface area contributed by atoms with Gasteiger partial charge in [-0.05, 0) is 18.9 Å². The van der Waals surface area contributed by atoms with Gasteiger partial charge in [0.05, 0.1) is 6.10 Å². The number of sulfonamides is 1. The van der Waals surface area contributed by atoms with Crippen LogP contribution >= 0.6 is 0 Å². The van der Waals surface area contributed by atoms with E-state index in [0.29, 0.717) is 0 Å². The third-order valence-corrected chi connectivity index (χ3v) is 4.00. The number of carboxylic acid groups (broad SMARTS) is 1. The number of aromatic carboxylic acids is 1. The molecule has 100 valence electrons. The zero-order chi connectivity index (χ0) is 13.2. The molecular weight excluding hydrogens is 260 g/mol. The molecule has 7 nitrogen and oxygen atoms in total. The Hall–Kier alpha value is -1.38. The highest BCUT2D eigenvalue weighted by Gasteiger charge is 2.22. The lowest BCUT2D eigenvalue weighted by Crippen LogP contribution is -2.28. The summed E-state index contributed by atoms with van der Waals surface area (Å²) in [5, 5.41) is 8.69. The Morgan fingerprint density at radius 2 is 2.11 bits per heavy atom. The quantitative estimate of drug-likeness (QED) is 0.690. The van der Waals surface area contributed by atoms with E-state index in [9.17, 15) is 13.2 Å². The molecular formula is C10H14N2O5S. The predicted octanol–water partition coefficient (Wildman–Crippen LogP) is 0.865. The van der Waals surface area contributed by atoms with Crippen LogP contribution in [0.1, 0.15) is 36.2 Å². The molecule has 0 aliphatic heterocycles. The lowest BCUT2D eigenvalue weighted by molar-refractivity contribution is 0.0223. The summed E-state index contributed by atoms with van der Waals surface area (Å²) >= 11 is 0. The summed E-state index contributed by atoms with van der Waals surface area (Å²) < 4.78 is 23.6. The number of aromatic nitrogens is 1. The van der Waals surface area contributed by atoms with Crippen LogP contribution in [0.3, 0.4) is 0 Å². The van der Waals surface area contributed by atoms with Crippen molar-refractivity contribution in [3.05, 3.63) is 18.0 Å². The predicted molar refractivity (Wildman–Crippen MR) is 61.4 cm³/mol. The average Bonchev–Trinajstić information content (AvgIpc) is 2.98. The second-order valence-electron chi connectivity index (χ2n) is 4.17. The average molecular weight is 274 g/mol. The first kappa shape index (κ1) is 13.1. The Balaban J connectivity index is 2.02. The fourth-order valence-corrected chi connectivity index (χ4v) is 2.68. The summed E-state index contributed by atoms with van der Waals surface area (Å²) in [7, 11) is -3.83. The third kappa shape index (κ3) is 2.89. The van der Waals surface area contributed by atoms with Crippen molar-refractivity contribution in [1.82, 2.24) is 9.87 Å². The van der Waals surface area contributed by atoms with Crippen LogP contribution in [0.2, 0.25) is 0 Å². The largest absolute Gasteiger partial charge is 0.477 e. The van der Waals surface area contributed by atoms with Crippen molar-refractivity contribution < 1.29 is 23.2 Å². The standard InChI is InChI=1S/C10H14N2O5S/c13-10(14)9-5-8(6-11-9)18(15,16)12-17-7-3-1-2-4-7/h5-7,11-12H,1-4H2,(H,13,14). The molecule has 1 aromatic rings. The van der Waals surface area contributed by atoms with Crippen LogP contribution in [0.4, 0.5) is 0 Å². The lowest BCUT2D eigenvalue weighted by Gasteiger charge is -2.10. The van der Waals surface area contributed by atoms with Crippen LogP contribution in [0, 0.1) is 0 Å². The van der Waals surface area contributed by atoms with E-state index in [4.69, 9.17) is 9.94 Å². The molecule has 3 N–H and O–H groups in total. The minimum Gasteiger partial charge on any atom is -0.477 e. The van der Waals surface area contributed by atoms with Gasteiger partial charge in [0.1, 0.15) is 10.6 Å². The molecule has 1 aliphatic carbocycles. The van der Waals surface area contributed by atoms with Gasteiger partial charge in [-0.2, -0.15) is 0 Å². The second-order valence-corrected chi connectivity index (χ2v) is 5.81. The van der Waals surface area contributed by atoms with Crippen molar-refractivity contribution in [2.24, 2.45) is 0 Å². The minimum absolute atomic E-state index is 0.0994. The summed E-state index contributed by atoms with van der Waals surface area (Å²) in [5.41, 5.74) is -0.184. The Kier molecular flexibility index (Phi) is 3.69. The molecule has 1 aromatic heterocycles. The van der Waals surface area contributed by atoms with E-state index in [1.807, 2.05) is 4.89 Å². The molecule has 0 atom stereocenters. The molecule has 18 heavy (non-hydrogen) atoms. The van der Waals surface area contributed by atoms with Crippen LogP contribution in [0.25, 0.3) is 0 Å². The van der Waals surface area contributed by atoms with Gasteiger partial charge in [0.25, 0.3) is 10.0 Å². The first-order valence-electron chi connectivity index (χ1n) is 5.58. The number of carboxylic acids is 1. The summed E-state index contributed by atoms with van der Waals surface area (Å²) in [6, 6.07) is 1.04. The van der Waals surface area contributed by atoms with Gasteiger partial charge < -0.3 is 10.1 Å². The Labute approximate surface area is 104 Å². The molecule has 8 heteroatoms. The van der Waals surface area contributed by atoms with Crippen molar-refractivity contribution in [1.29, 1.82) is 0 Å². The Morgan fingerprint density at radius 1 is 1.44 bits per heavy atom. The van der Waals surface area contributed by atoms with E-state index >= 15 is 0 Å². The molecule has 0 unspecified atom stereocenters. The fraction of sp³-hybridized carbons (Fsp3) is 0.500. The molecule has 1 aliphatic rings. The zero-order valence-corrected chi connectivity index (χ0v) is 10.4. The van der Waals surface area contributed by atoms with Gasteiger partial charge >= 0.3 is 5.97 Å². The highest BCUT2D eigenvalue weighted by molar-refractivity contribution is 7.89. The summed E-state index contributed by atoms with van der Waals surface area (Å²) in [5.74, 6) is -1.21. The Morgan fingerprint density at radius 3 is 2.67 bits per heavy atom. The molecule has 0 bridgehead atoms. The lowest BCUT2D eigenvalue weighted by atomic mass is 10.3. The van der Waals surface area contributed by atoms with E-state index in [2.05, 4.69) is 4.98 Å². The SMILES string of the molecule is O=C(O)c1cc(S(=O)(=O)NOC2CCCC2)c[nH]1. The van der Waals surface area contributed by atoms with Gasteiger partial charge in [0, 0.05) is 6.20 Å². The van der Waals surface area contributed by atoms with E-state index < -0.39 is 16.0 Å². The molecule has 0 amide bonds. The molecule has 1 fully saturated rings. The van der Waals surface area contributed by atoms with Crippen LogP contribution < -0.4 is 4.89 Å². The van der Waals surface area contributed by atoms with Gasteiger partial charge in [0.2, 0.25) is 0 Å². The zero-order valence-electron chi connectivity index (χ0n) is 9.55. The maximum absolute atomic E-state index is 11.8. The molecule has 0 spiro atoms. The molecule has 1 heterocycles.